The lowest BCUT2D eigenvalue weighted by molar-refractivity contribution is 0.112. The normalized spacial score (nSPS) is 12.1. The van der Waals surface area contributed by atoms with E-state index in [1.807, 2.05) is 0 Å². The average molecular weight is 184 g/mol. The van der Waals surface area contributed by atoms with Crippen LogP contribution in [0.15, 0.2) is 24.3 Å². The van der Waals surface area contributed by atoms with Crippen molar-refractivity contribution in [3.63, 3.8) is 0 Å². The molecule has 1 unspecified atom stereocenters. The quantitative estimate of drug-likeness (QED) is 0.555. The zero-order chi connectivity index (χ0) is 8.97. The van der Waals surface area contributed by atoms with Crippen molar-refractivity contribution < 1.29 is 13.6 Å². The number of benzene rings is 1. The van der Waals surface area contributed by atoms with Gasteiger partial charge in [0.05, 0.1) is 0 Å². The lowest BCUT2D eigenvalue weighted by atomic mass is 10.2. The van der Waals surface area contributed by atoms with E-state index < -0.39 is 11.3 Å². The van der Waals surface area contributed by atoms with Crippen LogP contribution in [0.5, 0.6) is 0 Å². The van der Waals surface area contributed by atoms with Crippen molar-refractivity contribution in [3.05, 3.63) is 29.8 Å². The van der Waals surface area contributed by atoms with Gasteiger partial charge in [-0.3, -0.25) is 9.00 Å². The second kappa shape index (κ2) is 3.99. The van der Waals surface area contributed by atoms with E-state index in [0.29, 0.717) is 17.5 Å². The van der Waals surface area contributed by atoms with Crippen molar-refractivity contribution in [2.24, 2.45) is 0 Å². The van der Waals surface area contributed by atoms with Crippen LogP contribution in [-0.2, 0) is 11.3 Å². The zero-order valence-electron chi connectivity index (χ0n) is 6.02. The second-order valence-electron chi connectivity index (χ2n) is 2.08. The first-order chi connectivity index (χ1) is 5.72. The molecular weight excluding hydrogens is 178 g/mol. The van der Waals surface area contributed by atoms with Gasteiger partial charge >= 0.3 is 0 Å². The van der Waals surface area contributed by atoms with E-state index >= 15 is 0 Å². The molecule has 64 valence electrons. The van der Waals surface area contributed by atoms with Gasteiger partial charge in [-0.2, -0.15) is 0 Å². The summed E-state index contributed by atoms with van der Waals surface area (Å²) in [5.41, 5.74) is 0.818. The molecule has 0 saturated heterocycles. The van der Waals surface area contributed by atoms with Gasteiger partial charge in [0.15, 0.2) is 0 Å². The number of hydrogen-bond donors (Lipinski definition) is 1. The number of carbonyl (C=O) groups is 1. The SMILES string of the molecule is O=Cc1cccc(NS(=O)[O-])c1. The molecule has 0 spiro atoms. The molecule has 0 aliphatic rings. The van der Waals surface area contributed by atoms with Gasteiger partial charge in [0.2, 0.25) is 0 Å². The summed E-state index contributed by atoms with van der Waals surface area (Å²) in [7, 11) is 0. The second-order valence-corrected chi connectivity index (χ2v) is 2.75. The van der Waals surface area contributed by atoms with Crippen molar-refractivity contribution in [3.8, 4) is 0 Å². The first kappa shape index (κ1) is 8.89. The van der Waals surface area contributed by atoms with Gasteiger partial charge in [-0.05, 0) is 12.1 Å². The molecule has 0 heterocycles. The van der Waals surface area contributed by atoms with Crippen LogP contribution in [0.25, 0.3) is 0 Å². The summed E-state index contributed by atoms with van der Waals surface area (Å²) in [6.07, 6.45) is 0.652. The lowest BCUT2D eigenvalue weighted by Gasteiger charge is -2.07. The van der Waals surface area contributed by atoms with E-state index in [1.165, 1.54) is 6.07 Å². The highest BCUT2D eigenvalue weighted by Crippen LogP contribution is 2.08. The summed E-state index contributed by atoms with van der Waals surface area (Å²) in [6, 6.07) is 6.19. The minimum absolute atomic E-state index is 0.382. The maximum atomic E-state index is 10.3. The summed E-state index contributed by atoms with van der Waals surface area (Å²) < 4.78 is 22.5. The molecule has 1 aromatic rings. The smallest absolute Gasteiger partial charge is 0.150 e. The molecule has 0 fully saturated rings. The summed E-state index contributed by atoms with van der Waals surface area (Å²) in [5, 5.41) is 0. The Labute approximate surface area is 72.0 Å². The van der Waals surface area contributed by atoms with E-state index in [1.54, 1.807) is 18.2 Å². The minimum Gasteiger partial charge on any atom is -0.755 e. The van der Waals surface area contributed by atoms with Crippen LogP contribution in [0, 0.1) is 0 Å². The largest absolute Gasteiger partial charge is 0.755 e. The van der Waals surface area contributed by atoms with Crippen LogP contribution < -0.4 is 4.72 Å². The summed E-state index contributed by atoms with van der Waals surface area (Å²) in [6.45, 7) is 0. The highest BCUT2D eigenvalue weighted by atomic mass is 32.2. The summed E-state index contributed by atoms with van der Waals surface area (Å²) in [4.78, 5) is 10.3. The Morgan fingerprint density at radius 1 is 1.50 bits per heavy atom. The number of rotatable bonds is 3. The first-order valence-corrected chi connectivity index (χ1v) is 4.21. The van der Waals surface area contributed by atoms with E-state index in [4.69, 9.17) is 0 Å². The van der Waals surface area contributed by atoms with Crippen molar-refractivity contribution in [1.29, 1.82) is 0 Å². The molecule has 0 amide bonds. The predicted molar refractivity (Wildman–Crippen MR) is 44.4 cm³/mol. The first-order valence-electron chi connectivity index (χ1n) is 3.13. The van der Waals surface area contributed by atoms with Crippen LogP contribution in [0.3, 0.4) is 0 Å². The standard InChI is InChI=1S/C7H7NO3S/c9-5-6-2-1-3-7(4-6)8-12(10)11/h1-5,8H,(H,10,11)/p-1. The molecule has 0 aliphatic heterocycles. The Kier molecular flexibility index (Phi) is 2.95. The molecule has 4 nitrogen and oxygen atoms in total. The minimum atomic E-state index is -2.34. The fourth-order valence-electron chi connectivity index (χ4n) is 0.772. The van der Waals surface area contributed by atoms with Crippen molar-refractivity contribution in [1.82, 2.24) is 0 Å². The molecule has 1 rings (SSSR count). The highest BCUT2D eigenvalue weighted by molar-refractivity contribution is 7.80. The molecule has 0 saturated carbocycles. The van der Waals surface area contributed by atoms with Crippen LogP contribution in [0.4, 0.5) is 5.69 Å². The van der Waals surface area contributed by atoms with Gasteiger partial charge in [-0.25, -0.2) is 0 Å². The third kappa shape index (κ3) is 2.44. The van der Waals surface area contributed by atoms with E-state index in [0.717, 1.165) is 0 Å². The molecule has 0 aromatic heterocycles. The number of nitrogens with one attached hydrogen (secondary N) is 1. The zero-order valence-corrected chi connectivity index (χ0v) is 6.84. The molecule has 0 bridgehead atoms. The van der Waals surface area contributed by atoms with Crippen LogP contribution in [0.2, 0.25) is 0 Å². The fourth-order valence-corrected chi connectivity index (χ4v) is 1.09. The molecular formula is C7H6NO3S-. The third-order valence-electron chi connectivity index (χ3n) is 1.22. The van der Waals surface area contributed by atoms with E-state index in [2.05, 4.69) is 4.72 Å². The molecule has 0 radical (unpaired) electrons. The number of anilines is 1. The average Bonchev–Trinajstić information content (AvgIpc) is 2.03. The summed E-state index contributed by atoms with van der Waals surface area (Å²) >= 11 is -2.34. The lowest BCUT2D eigenvalue weighted by Crippen LogP contribution is -2.02. The molecule has 12 heavy (non-hydrogen) atoms. The molecule has 1 aromatic carbocycles. The van der Waals surface area contributed by atoms with Crippen molar-refractivity contribution >= 4 is 23.2 Å². The maximum absolute atomic E-state index is 10.3. The number of carbonyl (C=O) groups excluding carboxylic acids is 1. The van der Waals surface area contributed by atoms with Crippen LogP contribution in [0.1, 0.15) is 10.4 Å². The van der Waals surface area contributed by atoms with Gasteiger partial charge in [0.25, 0.3) is 0 Å². The van der Waals surface area contributed by atoms with Gasteiger partial charge in [-0.1, -0.05) is 12.1 Å². The van der Waals surface area contributed by atoms with Gasteiger partial charge in [-0.15, -0.1) is 0 Å². The molecule has 5 heteroatoms. The predicted octanol–water partition coefficient (Wildman–Crippen LogP) is 0.705. The Bertz CT molecular complexity index is 313. The Balaban J connectivity index is 2.86. The van der Waals surface area contributed by atoms with E-state index in [9.17, 15) is 13.6 Å². The topological polar surface area (TPSA) is 69.2 Å². The maximum Gasteiger partial charge on any atom is 0.150 e. The monoisotopic (exact) mass is 184 g/mol. The van der Waals surface area contributed by atoms with Gasteiger partial charge in [0, 0.05) is 22.5 Å². The number of hydrogen-bond acceptors (Lipinski definition) is 3. The molecule has 1 N–H and O–H groups in total. The van der Waals surface area contributed by atoms with Crippen molar-refractivity contribution in [2.75, 3.05) is 4.72 Å². The van der Waals surface area contributed by atoms with E-state index in [-0.39, 0.29) is 0 Å². The fraction of sp³-hybridized carbons (Fsp3) is 0. The van der Waals surface area contributed by atoms with Crippen LogP contribution in [-0.4, -0.2) is 15.0 Å². The van der Waals surface area contributed by atoms with Crippen LogP contribution >= 0.6 is 0 Å². The Morgan fingerprint density at radius 2 is 2.25 bits per heavy atom. The Hall–Kier alpha value is -1.20. The van der Waals surface area contributed by atoms with Gasteiger partial charge < -0.3 is 9.27 Å². The van der Waals surface area contributed by atoms with Gasteiger partial charge in [0.1, 0.15) is 6.29 Å². The number of aldehydes is 1. The van der Waals surface area contributed by atoms with Crippen molar-refractivity contribution in [2.45, 2.75) is 0 Å². The molecule has 1 atom stereocenters. The highest BCUT2D eigenvalue weighted by Gasteiger charge is 1.92. The molecule has 0 aliphatic carbocycles. The third-order valence-corrected chi connectivity index (χ3v) is 1.63. The Morgan fingerprint density at radius 3 is 2.83 bits per heavy atom. The summed E-state index contributed by atoms with van der Waals surface area (Å²) in [5.74, 6) is 0.